The van der Waals surface area contributed by atoms with Crippen LogP contribution < -0.4 is 0 Å². The molecule has 2 aromatic carbocycles. The van der Waals surface area contributed by atoms with E-state index in [1.54, 1.807) is 0 Å². The summed E-state index contributed by atoms with van der Waals surface area (Å²) in [5.41, 5.74) is 2.92. The third-order valence-electron chi connectivity index (χ3n) is 3.62. The van der Waals surface area contributed by atoms with Gasteiger partial charge in [-0.25, -0.2) is 0 Å². The van der Waals surface area contributed by atoms with E-state index in [1.165, 1.54) is 41.2 Å². The fourth-order valence-electron chi connectivity index (χ4n) is 2.63. The van der Waals surface area contributed by atoms with Gasteiger partial charge in [-0.3, -0.25) is 0 Å². The van der Waals surface area contributed by atoms with Crippen LogP contribution in [0.5, 0.6) is 0 Å². The van der Waals surface area contributed by atoms with E-state index in [9.17, 15) is 0 Å². The number of halogens is 1. The molecule has 0 saturated carbocycles. The van der Waals surface area contributed by atoms with Gasteiger partial charge in [0.1, 0.15) is 0 Å². The van der Waals surface area contributed by atoms with Crippen LogP contribution in [0, 0.1) is 5.92 Å². The molecule has 20 heavy (non-hydrogen) atoms. The molecule has 0 aliphatic heterocycles. The van der Waals surface area contributed by atoms with Gasteiger partial charge in [0.05, 0.1) is 0 Å². The number of rotatable bonds is 8. The second kappa shape index (κ2) is 9.46. The van der Waals surface area contributed by atoms with Gasteiger partial charge in [0.25, 0.3) is 0 Å². The molecular formula is C18H21ClSn. The maximum absolute atomic E-state index is 5.98. The molecule has 0 nitrogen and oxygen atoms in total. The van der Waals surface area contributed by atoms with Crippen LogP contribution in [0.15, 0.2) is 60.7 Å². The average Bonchev–Trinajstić information content (AvgIpc) is 2.49. The molecule has 104 valence electrons. The van der Waals surface area contributed by atoms with Gasteiger partial charge in [0.15, 0.2) is 0 Å². The first-order valence-corrected chi connectivity index (χ1v) is 12.9. The van der Waals surface area contributed by atoms with Crippen molar-refractivity contribution in [3.05, 3.63) is 71.8 Å². The van der Waals surface area contributed by atoms with E-state index in [0.29, 0.717) is 0 Å². The van der Waals surface area contributed by atoms with E-state index in [2.05, 4.69) is 60.7 Å². The molecule has 0 atom stereocenters. The zero-order valence-electron chi connectivity index (χ0n) is 11.8. The molecule has 2 rings (SSSR count). The van der Waals surface area contributed by atoms with Crippen molar-refractivity contribution in [1.82, 2.24) is 0 Å². The van der Waals surface area contributed by atoms with Crippen molar-refractivity contribution in [2.45, 2.75) is 30.1 Å². The van der Waals surface area contributed by atoms with Gasteiger partial charge < -0.3 is 0 Å². The van der Waals surface area contributed by atoms with E-state index >= 15 is 0 Å². The van der Waals surface area contributed by atoms with E-state index in [4.69, 9.17) is 8.92 Å². The van der Waals surface area contributed by atoms with Crippen molar-refractivity contribution in [1.29, 1.82) is 0 Å². The Balaban J connectivity index is 1.96. The Morgan fingerprint density at radius 1 is 0.800 bits per heavy atom. The molecule has 0 aliphatic carbocycles. The maximum atomic E-state index is 5.98. The van der Waals surface area contributed by atoms with Crippen LogP contribution in [-0.2, 0) is 12.8 Å². The van der Waals surface area contributed by atoms with Crippen LogP contribution >= 0.6 is 8.92 Å². The second-order valence-electron chi connectivity index (χ2n) is 5.27. The summed E-state index contributed by atoms with van der Waals surface area (Å²) in [5.74, 6) is 0.738. The Bertz CT molecular complexity index is 428. The Morgan fingerprint density at radius 2 is 1.30 bits per heavy atom. The van der Waals surface area contributed by atoms with Crippen LogP contribution in [0.1, 0.15) is 24.0 Å². The molecule has 0 aliphatic rings. The minimum absolute atomic E-state index is 0.539. The van der Waals surface area contributed by atoms with Crippen LogP contribution in [0.25, 0.3) is 0 Å². The normalized spacial score (nSPS) is 10.9. The number of hydrogen-bond donors (Lipinski definition) is 0. The van der Waals surface area contributed by atoms with Gasteiger partial charge >= 0.3 is 137 Å². The summed E-state index contributed by atoms with van der Waals surface area (Å²) in [6.07, 6.45) is 4.98. The van der Waals surface area contributed by atoms with Crippen molar-refractivity contribution in [3.63, 3.8) is 0 Å². The van der Waals surface area contributed by atoms with Gasteiger partial charge in [-0.15, -0.1) is 0 Å². The third-order valence-corrected chi connectivity index (χ3v) is 6.43. The second-order valence-corrected chi connectivity index (χ2v) is 9.25. The van der Waals surface area contributed by atoms with E-state index in [-0.39, 0.29) is 0 Å². The van der Waals surface area contributed by atoms with E-state index in [0.717, 1.165) is 5.92 Å². The first kappa shape index (κ1) is 15.9. The third kappa shape index (κ3) is 5.88. The van der Waals surface area contributed by atoms with E-state index in [1.807, 2.05) is 0 Å². The van der Waals surface area contributed by atoms with Crippen LogP contribution in [0.2, 0.25) is 4.44 Å². The van der Waals surface area contributed by atoms with Crippen molar-refractivity contribution in [3.8, 4) is 0 Å². The summed E-state index contributed by atoms with van der Waals surface area (Å²) in [5, 5.41) is 0. The van der Waals surface area contributed by atoms with E-state index < -0.39 is 20.0 Å². The molecule has 0 fully saturated rings. The molecule has 0 heterocycles. The van der Waals surface area contributed by atoms with Crippen molar-refractivity contribution >= 4 is 28.9 Å². The minimum atomic E-state index is -0.539. The van der Waals surface area contributed by atoms with Crippen molar-refractivity contribution < 1.29 is 0 Å². The zero-order chi connectivity index (χ0) is 14.0. The zero-order valence-corrected chi connectivity index (χ0v) is 15.4. The molecule has 0 unspecified atom stereocenters. The SMILES string of the molecule is [Cl][Sn][CH2]CCC(Cc1ccccc1)Cc1ccccc1. The summed E-state index contributed by atoms with van der Waals surface area (Å²) in [4.78, 5) is 0. The molecule has 2 aromatic rings. The summed E-state index contributed by atoms with van der Waals surface area (Å²) >= 11 is -0.539. The van der Waals surface area contributed by atoms with Crippen molar-refractivity contribution in [2.24, 2.45) is 5.92 Å². The molecular weight excluding hydrogens is 370 g/mol. The Labute approximate surface area is 136 Å². The predicted molar refractivity (Wildman–Crippen MR) is 89.4 cm³/mol. The first-order chi connectivity index (χ1) is 9.88. The van der Waals surface area contributed by atoms with Gasteiger partial charge in [-0.2, -0.15) is 0 Å². The molecule has 0 spiro atoms. The standard InChI is InChI=1S/C18H21.ClH.Sn/c1-2-9-18(14-16-10-5-3-6-11-16)15-17-12-7-4-8-13-17;;/h3-8,10-13,18H,1-2,9,14-15H2;1H;/q;;+1/p-1. The first-order valence-electron chi connectivity index (χ1n) is 7.30. The summed E-state index contributed by atoms with van der Waals surface area (Å²) in [6.45, 7) is 0. The van der Waals surface area contributed by atoms with Crippen LogP contribution in [0.4, 0.5) is 0 Å². The fraction of sp³-hybridized carbons (Fsp3) is 0.333. The van der Waals surface area contributed by atoms with Crippen LogP contribution in [0.3, 0.4) is 0 Å². The van der Waals surface area contributed by atoms with Crippen LogP contribution in [-0.4, -0.2) is 20.0 Å². The summed E-state index contributed by atoms with van der Waals surface area (Å²) in [7, 11) is 5.98. The molecule has 0 amide bonds. The van der Waals surface area contributed by atoms with Gasteiger partial charge in [-0.1, -0.05) is 0 Å². The molecule has 0 bridgehead atoms. The fourth-order valence-corrected chi connectivity index (χ4v) is 4.49. The molecule has 0 N–H and O–H groups in total. The van der Waals surface area contributed by atoms with Gasteiger partial charge in [0.2, 0.25) is 0 Å². The van der Waals surface area contributed by atoms with Gasteiger partial charge in [-0.05, 0) is 0 Å². The molecule has 2 radical (unpaired) electrons. The quantitative estimate of drug-likeness (QED) is 0.431. The topological polar surface area (TPSA) is 0 Å². The Hall–Kier alpha value is -0.471. The summed E-state index contributed by atoms with van der Waals surface area (Å²) < 4.78 is 1.30. The molecule has 0 saturated heterocycles. The monoisotopic (exact) mass is 392 g/mol. The molecule has 2 heteroatoms. The summed E-state index contributed by atoms with van der Waals surface area (Å²) in [6, 6.07) is 21.7. The van der Waals surface area contributed by atoms with Crippen molar-refractivity contribution in [2.75, 3.05) is 0 Å². The Kier molecular flexibility index (Phi) is 7.53. The number of hydrogen-bond acceptors (Lipinski definition) is 0. The average molecular weight is 392 g/mol. The molecule has 0 aromatic heterocycles. The predicted octanol–water partition coefficient (Wildman–Crippen LogP) is 5.14. The number of benzene rings is 2. The Morgan fingerprint density at radius 3 is 1.75 bits per heavy atom. The van der Waals surface area contributed by atoms with Gasteiger partial charge in [0, 0.05) is 0 Å².